The van der Waals surface area contributed by atoms with Crippen molar-refractivity contribution < 1.29 is 18.7 Å². The lowest BCUT2D eigenvalue weighted by atomic mass is 10.1. The molecule has 2 aromatic carbocycles. The van der Waals surface area contributed by atoms with Gasteiger partial charge in [-0.2, -0.15) is 0 Å². The lowest BCUT2D eigenvalue weighted by molar-refractivity contribution is 0.0644. The molecule has 5 nitrogen and oxygen atoms in total. The number of hydrogen-bond acceptors (Lipinski definition) is 5. The number of halogens is 1. The van der Waals surface area contributed by atoms with Gasteiger partial charge in [0.15, 0.2) is 11.5 Å². The van der Waals surface area contributed by atoms with E-state index in [2.05, 4.69) is 4.90 Å². The molecule has 0 N–H and O–H groups in total. The summed E-state index contributed by atoms with van der Waals surface area (Å²) in [4.78, 5) is 17.6. The van der Waals surface area contributed by atoms with E-state index < -0.39 is 0 Å². The first-order chi connectivity index (χ1) is 13.2. The summed E-state index contributed by atoms with van der Waals surface area (Å²) in [6.07, 6.45) is 0. The quantitative estimate of drug-likeness (QED) is 0.737. The molecule has 1 amide bonds. The van der Waals surface area contributed by atoms with Gasteiger partial charge in [0.05, 0.1) is 0 Å². The first kappa shape index (κ1) is 18.1. The van der Waals surface area contributed by atoms with E-state index in [1.165, 1.54) is 17.8 Å². The van der Waals surface area contributed by atoms with Gasteiger partial charge in [0.1, 0.15) is 5.82 Å². The minimum atomic E-state index is -0.165. The second-order valence-corrected chi connectivity index (χ2v) is 7.62. The first-order valence-electron chi connectivity index (χ1n) is 8.99. The Morgan fingerprint density at radius 3 is 2.63 bits per heavy atom. The van der Waals surface area contributed by atoms with Crippen LogP contribution in [-0.4, -0.2) is 61.0 Å². The standard InChI is InChI=1S/C20H21FN2O3S/c21-16-3-1-2-4-19(16)27-12-11-22-7-9-23(10-8-22)20(24)15-5-6-17-18(13-15)26-14-25-17/h1-6,13H,7-12,14H2. The highest BCUT2D eigenvalue weighted by molar-refractivity contribution is 7.99. The molecule has 27 heavy (non-hydrogen) atoms. The van der Waals surface area contributed by atoms with Crippen LogP contribution in [0.15, 0.2) is 47.4 Å². The SMILES string of the molecule is O=C(c1ccc2c(c1)OCO2)N1CCN(CCSc2ccccc2F)CC1. The van der Waals surface area contributed by atoms with Crippen LogP contribution in [0, 0.1) is 5.82 Å². The fraction of sp³-hybridized carbons (Fsp3) is 0.350. The Morgan fingerprint density at radius 1 is 1.04 bits per heavy atom. The third-order valence-electron chi connectivity index (χ3n) is 4.78. The summed E-state index contributed by atoms with van der Waals surface area (Å²) in [5, 5.41) is 0. The predicted octanol–water partition coefficient (Wildman–Crippen LogP) is 3.10. The summed E-state index contributed by atoms with van der Waals surface area (Å²) in [6.45, 7) is 4.12. The van der Waals surface area contributed by atoms with Crippen LogP contribution in [0.5, 0.6) is 11.5 Å². The van der Waals surface area contributed by atoms with Crippen molar-refractivity contribution >= 4 is 17.7 Å². The number of thioether (sulfide) groups is 1. The summed E-state index contributed by atoms with van der Waals surface area (Å²) >= 11 is 1.53. The number of hydrogen-bond donors (Lipinski definition) is 0. The van der Waals surface area contributed by atoms with E-state index in [0.29, 0.717) is 35.0 Å². The van der Waals surface area contributed by atoms with Gasteiger partial charge in [0.25, 0.3) is 5.91 Å². The lowest BCUT2D eigenvalue weighted by Gasteiger charge is -2.34. The fourth-order valence-electron chi connectivity index (χ4n) is 3.23. The highest BCUT2D eigenvalue weighted by atomic mass is 32.2. The summed E-state index contributed by atoms with van der Waals surface area (Å²) in [5.74, 6) is 2.00. The number of nitrogens with zero attached hydrogens (tertiary/aromatic N) is 2. The average Bonchev–Trinajstić information content (AvgIpc) is 3.17. The minimum absolute atomic E-state index is 0.0219. The van der Waals surface area contributed by atoms with Crippen molar-refractivity contribution in [1.29, 1.82) is 0 Å². The maximum absolute atomic E-state index is 13.6. The molecule has 0 unspecified atom stereocenters. The van der Waals surface area contributed by atoms with Crippen molar-refractivity contribution in [2.75, 3.05) is 45.3 Å². The van der Waals surface area contributed by atoms with Gasteiger partial charge >= 0.3 is 0 Å². The number of rotatable bonds is 5. The third-order valence-corrected chi connectivity index (χ3v) is 5.81. The Labute approximate surface area is 162 Å². The Kier molecular flexibility index (Phi) is 5.50. The van der Waals surface area contributed by atoms with Crippen LogP contribution in [0.2, 0.25) is 0 Å². The maximum atomic E-state index is 13.6. The number of amides is 1. The van der Waals surface area contributed by atoms with E-state index >= 15 is 0 Å². The normalized spacial score (nSPS) is 16.6. The zero-order valence-electron chi connectivity index (χ0n) is 14.9. The highest BCUT2D eigenvalue weighted by Gasteiger charge is 2.24. The predicted molar refractivity (Wildman–Crippen MR) is 102 cm³/mol. The molecule has 2 heterocycles. The van der Waals surface area contributed by atoms with Crippen LogP contribution in [0.1, 0.15) is 10.4 Å². The number of carbonyl (C=O) groups is 1. The molecule has 0 saturated carbocycles. The lowest BCUT2D eigenvalue weighted by Crippen LogP contribution is -2.49. The minimum Gasteiger partial charge on any atom is -0.454 e. The molecule has 0 spiro atoms. The van der Waals surface area contributed by atoms with Gasteiger partial charge in [-0.3, -0.25) is 9.69 Å². The molecular weight excluding hydrogens is 367 g/mol. The van der Waals surface area contributed by atoms with E-state index in [1.807, 2.05) is 17.0 Å². The molecule has 0 bridgehead atoms. The van der Waals surface area contributed by atoms with E-state index in [4.69, 9.17) is 9.47 Å². The number of carbonyl (C=O) groups excluding carboxylic acids is 1. The molecule has 2 aliphatic heterocycles. The van der Waals surface area contributed by atoms with Crippen LogP contribution < -0.4 is 9.47 Å². The molecule has 0 atom stereocenters. The molecule has 7 heteroatoms. The Balaban J connectivity index is 1.25. The largest absolute Gasteiger partial charge is 0.454 e. The van der Waals surface area contributed by atoms with Gasteiger partial charge in [-0.15, -0.1) is 11.8 Å². The molecule has 1 saturated heterocycles. The van der Waals surface area contributed by atoms with Crippen LogP contribution in [0.25, 0.3) is 0 Å². The second kappa shape index (κ2) is 8.19. The van der Waals surface area contributed by atoms with Crippen molar-refractivity contribution in [3.05, 3.63) is 53.8 Å². The summed E-state index contributed by atoms with van der Waals surface area (Å²) in [6, 6.07) is 12.2. The second-order valence-electron chi connectivity index (χ2n) is 6.48. The van der Waals surface area contributed by atoms with Gasteiger partial charge in [-0.25, -0.2) is 4.39 Å². The number of piperazine rings is 1. The van der Waals surface area contributed by atoms with E-state index in [1.54, 1.807) is 24.3 Å². The zero-order valence-corrected chi connectivity index (χ0v) is 15.7. The average molecular weight is 388 g/mol. The molecule has 0 aromatic heterocycles. The molecular formula is C20H21FN2O3S. The van der Waals surface area contributed by atoms with Crippen LogP contribution >= 0.6 is 11.8 Å². The van der Waals surface area contributed by atoms with Gasteiger partial charge in [-0.05, 0) is 30.3 Å². The highest BCUT2D eigenvalue weighted by Crippen LogP contribution is 2.32. The maximum Gasteiger partial charge on any atom is 0.254 e. The van der Waals surface area contributed by atoms with Crippen molar-refractivity contribution in [3.8, 4) is 11.5 Å². The Hall–Kier alpha value is -2.25. The topological polar surface area (TPSA) is 42.0 Å². The van der Waals surface area contributed by atoms with Crippen molar-refractivity contribution in [2.45, 2.75) is 4.90 Å². The molecule has 1 fully saturated rings. The fourth-order valence-corrected chi connectivity index (χ4v) is 4.18. The smallest absolute Gasteiger partial charge is 0.254 e. The zero-order chi connectivity index (χ0) is 18.6. The monoisotopic (exact) mass is 388 g/mol. The number of benzene rings is 2. The van der Waals surface area contributed by atoms with Gasteiger partial charge in [-0.1, -0.05) is 12.1 Å². The first-order valence-corrected chi connectivity index (χ1v) is 9.98. The number of fused-ring (bicyclic) bond motifs is 1. The Bertz CT molecular complexity index is 825. The number of ether oxygens (including phenoxy) is 2. The van der Waals surface area contributed by atoms with Crippen LogP contribution in [0.3, 0.4) is 0 Å². The van der Waals surface area contributed by atoms with E-state index in [-0.39, 0.29) is 18.5 Å². The van der Waals surface area contributed by atoms with Crippen molar-refractivity contribution in [3.63, 3.8) is 0 Å². The van der Waals surface area contributed by atoms with Crippen molar-refractivity contribution in [2.24, 2.45) is 0 Å². The van der Waals surface area contributed by atoms with Gasteiger partial charge < -0.3 is 14.4 Å². The molecule has 2 aromatic rings. The third kappa shape index (κ3) is 4.20. The summed E-state index contributed by atoms with van der Waals surface area (Å²) in [5.41, 5.74) is 0.628. The molecule has 4 rings (SSSR count). The Morgan fingerprint density at radius 2 is 1.81 bits per heavy atom. The summed E-state index contributed by atoms with van der Waals surface area (Å²) in [7, 11) is 0. The van der Waals surface area contributed by atoms with E-state index in [0.717, 1.165) is 25.4 Å². The molecule has 142 valence electrons. The van der Waals surface area contributed by atoms with E-state index in [9.17, 15) is 9.18 Å². The molecule has 2 aliphatic rings. The molecule has 0 aliphatic carbocycles. The van der Waals surface area contributed by atoms with Gasteiger partial charge in [0.2, 0.25) is 6.79 Å². The summed E-state index contributed by atoms with van der Waals surface area (Å²) < 4.78 is 24.3. The molecule has 0 radical (unpaired) electrons. The van der Waals surface area contributed by atoms with Crippen LogP contribution in [-0.2, 0) is 0 Å². The van der Waals surface area contributed by atoms with Gasteiger partial charge in [0, 0.05) is 48.9 Å². The van der Waals surface area contributed by atoms with Crippen LogP contribution in [0.4, 0.5) is 4.39 Å². The van der Waals surface area contributed by atoms with Crippen molar-refractivity contribution in [1.82, 2.24) is 9.80 Å².